The molecule has 4 nitrogen and oxygen atoms in total. The molecule has 18 heavy (non-hydrogen) atoms. The highest BCUT2D eigenvalue weighted by molar-refractivity contribution is 7.92. The van der Waals surface area contributed by atoms with Crippen LogP contribution < -0.4 is 5.73 Å². The van der Waals surface area contributed by atoms with E-state index >= 15 is 0 Å². The number of nitrogens with two attached hydrogens (primary N) is 1. The smallest absolute Gasteiger partial charge is 0.185 e. The van der Waals surface area contributed by atoms with Crippen molar-refractivity contribution in [3.8, 4) is 0 Å². The molecule has 0 aliphatic carbocycles. The van der Waals surface area contributed by atoms with Gasteiger partial charge in [0.1, 0.15) is 5.25 Å². The zero-order chi connectivity index (χ0) is 13.2. The molecule has 1 aromatic rings. The largest absolute Gasteiger partial charge is 0.379 e. The summed E-state index contributed by atoms with van der Waals surface area (Å²) in [4.78, 5) is 0.388. The molecule has 2 N–H and O–H groups in total. The lowest BCUT2D eigenvalue weighted by Crippen LogP contribution is -2.40. The first-order valence-corrected chi connectivity index (χ1v) is 7.72. The van der Waals surface area contributed by atoms with E-state index in [0.29, 0.717) is 30.6 Å². The van der Waals surface area contributed by atoms with Crippen LogP contribution in [0.25, 0.3) is 0 Å². The Labute approximate surface area is 108 Å². The Hall–Kier alpha value is -0.910. The maximum Gasteiger partial charge on any atom is 0.185 e. The lowest BCUT2D eigenvalue weighted by molar-refractivity contribution is 0.0416. The lowest BCUT2D eigenvalue weighted by Gasteiger charge is -2.25. The fraction of sp³-hybridized carbons (Fsp3) is 0.538. The van der Waals surface area contributed by atoms with E-state index in [4.69, 9.17) is 10.5 Å². The van der Waals surface area contributed by atoms with Gasteiger partial charge >= 0.3 is 0 Å². The summed E-state index contributed by atoms with van der Waals surface area (Å²) in [7, 11) is -3.21. The van der Waals surface area contributed by atoms with E-state index in [1.807, 2.05) is 12.1 Å². The Balaban J connectivity index is 2.17. The minimum Gasteiger partial charge on any atom is -0.379 e. The number of hydrogen-bond acceptors (Lipinski definition) is 4. The van der Waals surface area contributed by atoms with Crippen molar-refractivity contribution in [3.63, 3.8) is 0 Å². The average molecular weight is 269 g/mol. The van der Waals surface area contributed by atoms with Crippen molar-refractivity contribution in [1.82, 2.24) is 0 Å². The van der Waals surface area contributed by atoms with E-state index < -0.39 is 9.84 Å². The van der Waals surface area contributed by atoms with Crippen LogP contribution in [0.1, 0.15) is 24.8 Å². The molecule has 1 fully saturated rings. The summed E-state index contributed by atoms with van der Waals surface area (Å²) >= 11 is 0. The molecule has 2 rings (SSSR count). The van der Waals surface area contributed by atoms with Crippen LogP contribution in [0, 0.1) is 0 Å². The average Bonchev–Trinajstić information content (AvgIpc) is 2.26. The Kier molecular flexibility index (Phi) is 4.04. The third kappa shape index (κ3) is 2.58. The van der Waals surface area contributed by atoms with Crippen LogP contribution in [0.15, 0.2) is 29.2 Å². The lowest BCUT2D eigenvalue weighted by atomic mass is 9.98. The number of ether oxygens (including phenoxy) is 1. The molecule has 5 heteroatoms. The normalized spacial score (nSPS) is 18.3. The number of hydrogen-bond donors (Lipinski definition) is 1. The van der Waals surface area contributed by atoms with Crippen molar-refractivity contribution in [1.29, 1.82) is 0 Å². The van der Waals surface area contributed by atoms with E-state index in [1.165, 1.54) is 0 Å². The molecule has 1 saturated heterocycles. The van der Waals surface area contributed by atoms with Gasteiger partial charge in [0.25, 0.3) is 0 Å². The molecule has 1 atom stereocenters. The second-order valence-corrected chi connectivity index (χ2v) is 6.98. The summed E-state index contributed by atoms with van der Waals surface area (Å²) in [5.74, 6) is 0.360. The van der Waals surface area contributed by atoms with Gasteiger partial charge in [0.2, 0.25) is 0 Å². The highest BCUT2D eigenvalue weighted by atomic mass is 32.2. The molecule has 0 saturated carbocycles. The highest BCUT2D eigenvalue weighted by Gasteiger charge is 2.33. The zero-order valence-corrected chi connectivity index (χ0v) is 11.3. The molecule has 0 amide bonds. The molecule has 1 unspecified atom stereocenters. The predicted octanol–water partition coefficient (Wildman–Crippen LogP) is 1.31. The fourth-order valence-electron chi connectivity index (χ4n) is 1.99. The summed E-state index contributed by atoms with van der Waals surface area (Å²) in [6.07, 6.45) is 0.905. The van der Waals surface area contributed by atoms with Crippen LogP contribution in [-0.2, 0) is 14.6 Å². The van der Waals surface area contributed by atoms with Crippen LogP contribution in [0.4, 0.5) is 0 Å². The minimum atomic E-state index is -3.21. The molecule has 1 aromatic carbocycles. The van der Waals surface area contributed by atoms with E-state index in [1.54, 1.807) is 12.1 Å². The molecule has 1 aliphatic rings. The monoisotopic (exact) mass is 269 g/mol. The molecular formula is C13H19NO3S. The molecule has 1 heterocycles. The van der Waals surface area contributed by atoms with Gasteiger partial charge in [-0.3, -0.25) is 0 Å². The summed E-state index contributed by atoms with van der Waals surface area (Å²) in [6, 6.07) is 7.14. The van der Waals surface area contributed by atoms with Crippen LogP contribution in [0.3, 0.4) is 0 Å². The van der Waals surface area contributed by atoms with Gasteiger partial charge in [-0.1, -0.05) is 19.1 Å². The summed E-state index contributed by atoms with van der Waals surface area (Å²) in [5.41, 5.74) is 6.65. The van der Waals surface area contributed by atoms with Crippen LogP contribution in [-0.4, -0.2) is 33.4 Å². The standard InChI is InChI=1S/C13H19NO3S/c1-10(6-7-14)11-2-4-12(5-3-11)18(15,16)13-8-17-9-13/h2-5,10,13H,6-9,14H2,1H3. The Bertz CT molecular complexity index is 491. The quantitative estimate of drug-likeness (QED) is 0.875. The van der Waals surface area contributed by atoms with Gasteiger partial charge in [-0.15, -0.1) is 0 Å². The maximum absolute atomic E-state index is 12.1. The predicted molar refractivity (Wildman–Crippen MR) is 70.3 cm³/mol. The Morgan fingerprint density at radius 1 is 1.33 bits per heavy atom. The van der Waals surface area contributed by atoms with E-state index in [-0.39, 0.29) is 5.25 Å². The topological polar surface area (TPSA) is 69.4 Å². The van der Waals surface area contributed by atoms with Gasteiger partial charge in [-0.05, 0) is 36.6 Å². The van der Waals surface area contributed by atoms with Crippen molar-refractivity contribution in [2.75, 3.05) is 19.8 Å². The maximum atomic E-state index is 12.1. The van der Waals surface area contributed by atoms with E-state index in [9.17, 15) is 8.42 Å². The first-order chi connectivity index (χ1) is 8.55. The van der Waals surface area contributed by atoms with Crippen molar-refractivity contribution < 1.29 is 13.2 Å². The third-order valence-electron chi connectivity index (χ3n) is 3.42. The second kappa shape index (κ2) is 5.38. The van der Waals surface area contributed by atoms with Gasteiger partial charge in [0.05, 0.1) is 18.1 Å². The summed E-state index contributed by atoms with van der Waals surface area (Å²) in [6.45, 7) is 3.36. The van der Waals surface area contributed by atoms with Crippen molar-refractivity contribution in [2.45, 2.75) is 29.4 Å². The third-order valence-corrected chi connectivity index (χ3v) is 5.50. The van der Waals surface area contributed by atoms with Gasteiger partial charge in [0, 0.05) is 0 Å². The summed E-state index contributed by atoms with van der Waals surface area (Å²) < 4.78 is 29.2. The number of rotatable bonds is 5. The minimum absolute atomic E-state index is 0.313. The molecule has 0 bridgehead atoms. The molecular weight excluding hydrogens is 250 g/mol. The van der Waals surface area contributed by atoms with Gasteiger partial charge in [-0.25, -0.2) is 8.42 Å². The van der Waals surface area contributed by atoms with Gasteiger partial charge in [-0.2, -0.15) is 0 Å². The van der Waals surface area contributed by atoms with Crippen molar-refractivity contribution in [3.05, 3.63) is 29.8 Å². The first-order valence-electron chi connectivity index (χ1n) is 6.17. The van der Waals surface area contributed by atoms with Crippen molar-refractivity contribution >= 4 is 9.84 Å². The fourth-order valence-corrected chi connectivity index (χ4v) is 3.44. The number of benzene rings is 1. The molecule has 1 aliphatic heterocycles. The second-order valence-electron chi connectivity index (χ2n) is 4.75. The van der Waals surface area contributed by atoms with E-state index in [2.05, 4.69) is 6.92 Å². The molecule has 0 aromatic heterocycles. The van der Waals surface area contributed by atoms with E-state index in [0.717, 1.165) is 12.0 Å². The Morgan fingerprint density at radius 3 is 2.39 bits per heavy atom. The van der Waals surface area contributed by atoms with Crippen molar-refractivity contribution in [2.24, 2.45) is 5.73 Å². The first kappa shape index (κ1) is 13.5. The SMILES string of the molecule is CC(CCN)c1ccc(S(=O)(=O)C2COC2)cc1. The number of sulfone groups is 1. The zero-order valence-electron chi connectivity index (χ0n) is 10.5. The van der Waals surface area contributed by atoms with Gasteiger partial charge < -0.3 is 10.5 Å². The highest BCUT2D eigenvalue weighted by Crippen LogP contribution is 2.24. The van der Waals surface area contributed by atoms with Crippen LogP contribution >= 0.6 is 0 Å². The Morgan fingerprint density at radius 2 is 1.94 bits per heavy atom. The van der Waals surface area contributed by atoms with Gasteiger partial charge in [0.15, 0.2) is 9.84 Å². The summed E-state index contributed by atoms with van der Waals surface area (Å²) in [5, 5.41) is -0.371. The molecule has 0 spiro atoms. The molecule has 100 valence electrons. The van der Waals surface area contributed by atoms with Crippen LogP contribution in [0.5, 0.6) is 0 Å². The molecule has 0 radical (unpaired) electrons. The van der Waals surface area contributed by atoms with Crippen LogP contribution in [0.2, 0.25) is 0 Å².